The maximum absolute atomic E-state index is 4.83. The van der Waals surface area contributed by atoms with Crippen molar-refractivity contribution in [2.45, 2.75) is 25.3 Å². The Balaban J connectivity index is 1.53. The molecule has 5 rings (SSSR count). The maximum atomic E-state index is 4.83. The van der Waals surface area contributed by atoms with E-state index < -0.39 is 0 Å². The van der Waals surface area contributed by atoms with Gasteiger partial charge in [0.15, 0.2) is 11.5 Å². The van der Waals surface area contributed by atoms with Crippen LogP contribution in [0.1, 0.15) is 17.5 Å². The van der Waals surface area contributed by atoms with Crippen molar-refractivity contribution < 1.29 is 0 Å². The molecule has 1 atom stereocenters. The molecule has 1 aromatic carbocycles. The molecule has 1 N–H and O–H groups in total. The minimum absolute atomic E-state index is 0.350. The van der Waals surface area contributed by atoms with Gasteiger partial charge in [-0.25, -0.2) is 9.97 Å². The monoisotopic (exact) mass is 356 g/mol. The Morgan fingerprint density at radius 1 is 1.04 bits per heavy atom. The molecule has 134 valence electrons. The Morgan fingerprint density at radius 3 is 2.70 bits per heavy atom. The van der Waals surface area contributed by atoms with Gasteiger partial charge >= 0.3 is 0 Å². The van der Waals surface area contributed by atoms with Gasteiger partial charge in [-0.3, -0.25) is 9.67 Å². The van der Waals surface area contributed by atoms with Crippen molar-refractivity contribution in [3.63, 3.8) is 0 Å². The summed E-state index contributed by atoms with van der Waals surface area (Å²) in [6.45, 7) is 0. The molecule has 1 aliphatic carbocycles. The molecule has 0 aliphatic heterocycles. The van der Waals surface area contributed by atoms with E-state index in [0.29, 0.717) is 11.9 Å². The smallest absolute Gasteiger partial charge is 0.164 e. The normalized spacial score (nSPS) is 16.3. The lowest BCUT2D eigenvalue weighted by Gasteiger charge is -2.26. The van der Waals surface area contributed by atoms with E-state index in [0.717, 1.165) is 41.7 Å². The van der Waals surface area contributed by atoms with Crippen LogP contribution in [0.15, 0.2) is 55.0 Å². The van der Waals surface area contributed by atoms with Crippen LogP contribution in [0, 0.1) is 0 Å². The highest BCUT2D eigenvalue weighted by Crippen LogP contribution is 2.28. The van der Waals surface area contributed by atoms with Gasteiger partial charge < -0.3 is 5.32 Å². The quantitative estimate of drug-likeness (QED) is 0.609. The summed E-state index contributed by atoms with van der Waals surface area (Å²) >= 11 is 0. The van der Waals surface area contributed by atoms with Crippen LogP contribution in [-0.2, 0) is 19.9 Å². The summed E-state index contributed by atoms with van der Waals surface area (Å²) < 4.78 is 1.79. The van der Waals surface area contributed by atoms with Gasteiger partial charge in [0, 0.05) is 31.0 Å². The van der Waals surface area contributed by atoms with Crippen LogP contribution in [0.3, 0.4) is 0 Å². The van der Waals surface area contributed by atoms with Gasteiger partial charge in [0.2, 0.25) is 0 Å². The number of rotatable bonds is 3. The fourth-order valence-corrected chi connectivity index (χ4v) is 3.78. The van der Waals surface area contributed by atoms with Gasteiger partial charge in [-0.2, -0.15) is 5.10 Å². The number of benzene rings is 1. The molecular weight excluding hydrogens is 336 g/mol. The second-order valence-corrected chi connectivity index (χ2v) is 6.99. The predicted octanol–water partition coefficient (Wildman–Crippen LogP) is 3.39. The van der Waals surface area contributed by atoms with E-state index in [4.69, 9.17) is 9.97 Å². The lowest BCUT2D eigenvalue weighted by molar-refractivity contribution is 0.609. The van der Waals surface area contributed by atoms with E-state index in [1.165, 1.54) is 11.1 Å². The van der Waals surface area contributed by atoms with Crippen molar-refractivity contribution in [1.82, 2.24) is 24.7 Å². The highest BCUT2D eigenvalue weighted by Gasteiger charge is 2.21. The van der Waals surface area contributed by atoms with Crippen LogP contribution >= 0.6 is 0 Å². The third-order valence-corrected chi connectivity index (χ3v) is 5.22. The highest BCUT2D eigenvalue weighted by atomic mass is 15.3. The SMILES string of the molecule is Cn1ncc2c(NC3CCc4ccccc4C3)nc(-c3ccncc3)nc21. The van der Waals surface area contributed by atoms with Gasteiger partial charge in [0.1, 0.15) is 5.82 Å². The lowest BCUT2D eigenvalue weighted by atomic mass is 9.88. The molecule has 1 aliphatic rings. The Kier molecular flexibility index (Phi) is 3.81. The molecule has 27 heavy (non-hydrogen) atoms. The molecule has 0 saturated carbocycles. The third kappa shape index (κ3) is 2.93. The van der Waals surface area contributed by atoms with Crippen molar-refractivity contribution in [3.8, 4) is 11.4 Å². The van der Waals surface area contributed by atoms with E-state index in [1.54, 1.807) is 17.1 Å². The summed E-state index contributed by atoms with van der Waals surface area (Å²) in [5.74, 6) is 1.54. The summed E-state index contributed by atoms with van der Waals surface area (Å²) in [5, 5.41) is 9.00. The maximum Gasteiger partial charge on any atom is 0.164 e. The summed E-state index contributed by atoms with van der Waals surface area (Å²) in [6, 6.07) is 12.9. The van der Waals surface area contributed by atoms with E-state index in [9.17, 15) is 0 Å². The molecule has 0 fully saturated rings. The van der Waals surface area contributed by atoms with E-state index in [1.807, 2.05) is 25.4 Å². The van der Waals surface area contributed by atoms with Crippen LogP contribution in [0.5, 0.6) is 0 Å². The van der Waals surface area contributed by atoms with Gasteiger partial charge in [0.05, 0.1) is 11.6 Å². The second kappa shape index (κ2) is 6.46. The number of aryl methyl sites for hydroxylation is 2. The molecule has 6 nitrogen and oxygen atoms in total. The van der Waals surface area contributed by atoms with Crippen molar-refractivity contribution in [2.24, 2.45) is 7.05 Å². The van der Waals surface area contributed by atoms with Gasteiger partial charge in [-0.1, -0.05) is 24.3 Å². The largest absolute Gasteiger partial charge is 0.366 e. The molecule has 0 amide bonds. The lowest BCUT2D eigenvalue weighted by Crippen LogP contribution is -2.28. The molecule has 1 unspecified atom stereocenters. The fourth-order valence-electron chi connectivity index (χ4n) is 3.78. The Hall–Kier alpha value is -3.28. The van der Waals surface area contributed by atoms with Crippen molar-refractivity contribution in [1.29, 1.82) is 0 Å². The molecule has 0 bridgehead atoms. The number of aromatic nitrogens is 5. The highest BCUT2D eigenvalue weighted by molar-refractivity contribution is 5.88. The first-order chi connectivity index (χ1) is 13.3. The number of pyridine rings is 1. The molecule has 0 saturated heterocycles. The van der Waals surface area contributed by atoms with Crippen LogP contribution in [0.4, 0.5) is 5.82 Å². The van der Waals surface area contributed by atoms with Crippen LogP contribution in [-0.4, -0.2) is 30.8 Å². The van der Waals surface area contributed by atoms with Crippen LogP contribution in [0.25, 0.3) is 22.4 Å². The topological polar surface area (TPSA) is 68.5 Å². The van der Waals surface area contributed by atoms with Crippen molar-refractivity contribution in [2.75, 3.05) is 5.32 Å². The Labute approximate surface area is 157 Å². The molecular formula is C21H20N6. The van der Waals surface area contributed by atoms with Gasteiger partial charge in [-0.05, 0) is 42.5 Å². The fraction of sp³-hybridized carbons (Fsp3) is 0.238. The zero-order valence-corrected chi connectivity index (χ0v) is 15.1. The zero-order chi connectivity index (χ0) is 18.2. The standard InChI is InChI=1S/C21H20N6/c1-27-21-18(13-23-27)20(25-19(26-21)15-8-10-22-11-9-15)24-17-7-6-14-4-2-3-5-16(14)12-17/h2-5,8-11,13,17H,6-7,12H2,1H3,(H,24,25,26). The van der Waals surface area contributed by atoms with E-state index in [-0.39, 0.29) is 0 Å². The van der Waals surface area contributed by atoms with Gasteiger partial charge in [-0.15, -0.1) is 0 Å². The van der Waals surface area contributed by atoms with Crippen LogP contribution < -0.4 is 5.32 Å². The predicted molar refractivity (Wildman–Crippen MR) is 105 cm³/mol. The minimum atomic E-state index is 0.350. The molecule has 0 spiro atoms. The number of hydrogen-bond acceptors (Lipinski definition) is 5. The van der Waals surface area contributed by atoms with E-state index in [2.05, 4.69) is 39.7 Å². The van der Waals surface area contributed by atoms with Crippen molar-refractivity contribution in [3.05, 3.63) is 66.1 Å². The number of anilines is 1. The Morgan fingerprint density at radius 2 is 1.85 bits per heavy atom. The number of fused-ring (bicyclic) bond motifs is 2. The van der Waals surface area contributed by atoms with Gasteiger partial charge in [0.25, 0.3) is 0 Å². The summed E-state index contributed by atoms with van der Waals surface area (Å²) in [5.41, 5.74) is 4.66. The van der Waals surface area contributed by atoms with E-state index >= 15 is 0 Å². The first-order valence-electron chi connectivity index (χ1n) is 9.21. The number of nitrogens with zero attached hydrogens (tertiary/aromatic N) is 5. The molecule has 6 heteroatoms. The minimum Gasteiger partial charge on any atom is -0.366 e. The average molecular weight is 356 g/mol. The average Bonchev–Trinajstić information content (AvgIpc) is 3.10. The van der Waals surface area contributed by atoms with Crippen molar-refractivity contribution >= 4 is 16.9 Å². The number of nitrogens with one attached hydrogen (secondary N) is 1. The third-order valence-electron chi connectivity index (χ3n) is 5.22. The first kappa shape index (κ1) is 15.9. The second-order valence-electron chi connectivity index (χ2n) is 6.99. The molecule has 4 aromatic rings. The zero-order valence-electron chi connectivity index (χ0n) is 15.1. The summed E-state index contributed by atoms with van der Waals surface area (Å²) in [7, 11) is 1.91. The number of hydrogen-bond donors (Lipinski definition) is 1. The molecule has 3 aromatic heterocycles. The summed E-state index contributed by atoms with van der Waals surface area (Å²) in [4.78, 5) is 13.6. The van der Waals surface area contributed by atoms with Crippen LogP contribution in [0.2, 0.25) is 0 Å². The molecule has 3 heterocycles. The Bertz CT molecular complexity index is 1100. The first-order valence-corrected chi connectivity index (χ1v) is 9.21. The molecule has 0 radical (unpaired) electrons. The summed E-state index contributed by atoms with van der Waals surface area (Å²) in [6.07, 6.45) is 8.55.